The zero-order valence-electron chi connectivity index (χ0n) is 19.8. The topological polar surface area (TPSA) is 86.7 Å². The predicted octanol–water partition coefficient (Wildman–Crippen LogP) is 4.44. The van der Waals surface area contributed by atoms with E-state index in [-0.39, 0.29) is 41.9 Å². The van der Waals surface area contributed by atoms with Gasteiger partial charge in [-0.15, -0.1) is 8.61 Å². The molecule has 2 aliphatic rings. The van der Waals surface area contributed by atoms with Crippen molar-refractivity contribution in [2.75, 3.05) is 26.2 Å². The summed E-state index contributed by atoms with van der Waals surface area (Å²) in [6.07, 6.45) is 1.96. The van der Waals surface area contributed by atoms with Crippen LogP contribution < -0.4 is 0 Å². The lowest BCUT2D eigenvalue weighted by atomic mass is 9.63. The molecule has 2 aromatic rings. The average molecular weight is 513 g/mol. The van der Waals surface area contributed by atoms with Crippen molar-refractivity contribution in [2.24, 2.45) is 0 Å². The molecule has 1 aliphatic carbocycles. The average Bonchev–Trinajstić information content (AvgIpc) is 2.76. The van der Waals surface area contributed by atoms with Crippen molar-refractivity contribution in [3.8, 4) is 0 Å². The number of hydrogen-bond acceptors (Lipinski definition) is 4. The summed E-state index contributed by atoms with van der Waals surface area (Å²) in [7, 11) is -8.30. The summed E-state index contributed by atoms with van der Waals surface area (Å²) in [5.74, 6) is -2.34. The molecule has 34 heavy (non-hydrogen) atoms. The molecule has 1 saturated heterocycles. The SMILES string of the molecule is CC1(C)CCC(C)(C)c2cc([S+](=O)([O-])N3CCN([S+](=O)([O-])c4c(F)cccc4F)CC3)ccc21. The van der Waals surface area contributed by atoms with Crippen molar-refractivity contribution < 1.29 is 26.3 Å². The maximum absolute atomic E-state index is 14.1. The molecule has 1 aliphatic heterocycles. The van der Waals surface area contributed by atoms with E-state index in [4.69, 9.17) is 0 Å². The van der Waals surface area contributed by atoms with Gasteiger partial charge in [0.1, 0.15) is 0 Å². The molecule has 1 heterocycles. The lowest BCUT2D eigenvalue weighted by Crippen LogP contribution is -2.54. The first-order chi connectivity index (χ1) is 15.7. The summed E-state index contributed by atoms with van der Waals surface area (Å²) in [6.45, 7) is 7.94. The lowest BCUT2D eigenvalue weighted by Gasteiger charge is -2.42. The fraction of sp³-hybridized carbons (Fsp3) is 0.500. The van der Waals surface area contributed by atoms with Crippen LogP contribution in [0.1, 0.15) is 51.7 Å². The zero-order valence-corrected chi connectivity index (χ0v) is 21.4. The van der Waals surface area contributed by atoms with E-state index in [0.717, 1.165) is 46.5 Å². The first kappa shape index (κ1) is 25.5. The molecule has 10 heteroatoms. The summed E-state index contributed by atoms with van der Waals surface area (Å²) < 4.78 is 82.8. The predicted molar refractivity (Wildman–Crippen MR) is 125 cm³/mol. The highest BCUT2D eigenvalue weighted by atomic mass is 32.3. The number of benzene rings is 2. The van der Waals surface area contributed by atoms with E-state index in [0.29, 0.717) is 0 Å². The van der Waals surface area contributed by atoms with Gasteiger partial charge in [0.15, 0.2) is 37.3 Å². The monoisotopic (exact) mass is 512 g/mol. The summed E-state index contributed by atoms with van der Waals surface area (Å²) in [5, 5.41) is 0. The van der Waals surface area contributed by atoms with Gasteiger partial charge in [-0.05, 0) is 59.1 Å². The number of rotatable bonds is 4. The number of nitrogens with zero attached hydrogens (tertiary/aromatic N) is 2. The highest BCUT2D eigenvalue weighted by molar-refractivity contribution is 7.96. The quantitative estimate of drug-likeness (QED) is 0.567. The Morgan fingerprint density at radius 1 is 0.765 bits per heavy atom. The molecule has 0 amide bonds. The Hall–Kier alpha value is -1.56. The summed E-state index contributed by atoms with van der Waals surface area (Å²) in [5.41, 5.74) is 1.95. The Morgan fingerprint density at radius 3 is 1.76 bits per heavy atom. The van der Waals surface area contributed by atoms with E-state index < -0.39 is 37.3 Å². The van der Waals surface area contributed by atoms with Gasteiger partial charge in [-0.1, -0.05) is 48.2 Å². The molecule has 0 radical (unpaired) electrons. The second-order valence-corrected chi connectivity index (χ2v) is 14.1. The van der Waals surface area contributed by atoms with Crippen LogP contribution in [0.15, 0.2) is 46.2 Å². The molecular formula is C24H30F2N2O4S2. The minimum atomic E-state index is -4.44. The van der Waals surface area contributed by atoms with Crippen molar-refractivity contribution in [3.63, 3.8) is 0 Å². The lowest BCUT2D eigenvalue weighted by molar-refractivity contribution is 0.240. The van der Waals surface area contributed by atoms with E-state index in [1.165, 1.54) is 4.31 Å². The van der Waals surface area contributed by atoms with Gasteiger partial charge in [0.2, 0.25) is 4.90 Å². The van der Waals surface area contributed by atoms with Crippen LogP contribution >= 0.6 is 0 Å². The Labute approximate surface area is 202 Å². The van der Waals surface area contributed by atoms with E-state index in [1.54, 1.807) is 12.1 Å². The molecular weight excluding hydrogens is 482 g/mol. The van der Waals surface area contributed by atoms with Crippen molar-refractivity contribution >= 4 is 20.8 Å². The maximum Gasteiger partial charge on any atom is 0.246 e. The number of fused-ring (bicyclic) bond motifs is 1. The minimum Gasteiger partial charge on any atom is -0.593 e. The summed E-state index contributed by atoms with van der Waals surface area (Å²) >= 11 is 0. The van der Waals surface area contributed by atoms with Gasteiger partial charge in [0.25, 0.3) is 0 Å². The molecule has 0 spiro atoms. The number of halogens is 2. The zero-order chi connectivity index (χ0) is 25.1. The van der Waals surface area contributed by atoms with Crippen LogP contribution in [-0.4, -0.2) is 43.9 Å². The van der Waals surface area contributed by atoms with Crippen LogP contribution in [-0.2, 0) is 40.0 Å². The Kier molecular flexibility index (Phi) is 6.41. The van der Waals surface area contributed by atoms with Gasteiger partial charge < -0.3 is 9.11 Å². The van der Waals surface area contributed by atoms with E-state index >= 15 is 0 Å². The molecule has 1 fully saturated rings. The van der Waals surface area contributed by atoms with Crippen LogP contribution in [0.25, 0.3) is 0 Å². The van der Waals surface area contributed by atoms with Gasteiger partial charge >= 0.3 is 0 Å². The highest BCUT2D eigenvalue weighted by Gasteiger charge is 2.43. The molecule has 2 atom stereocenters. The van der Waals surface area contributed by atoms with Crippen LogP contribution in [0.2, 0.25) is 0 Å². The maximum atomic E-state index is 14.1. The first-order valence-corrected chi connectivity index (χ1v) is 14.2. The van der Waals surface area contributed by atoms with Crippen molar-refractivity contribution in [1.82, 2.24) is 8.61 Å². The minimum absolute atomic E-state index is 0.0465. The van der Waals surface area contributed by atoms with Gasteiger partial charge in [-0.25, -0.2) is 8.78 Å². The fourth-order valence-corrected chi connectivity index (χ4v) is 7.87. The van der Waals surface area contributed by atoms with Crippen LogP contribution in [0.5, 0.6) is 0 Å². The number of piperazine rings is 1. The fourth-order valence-electron chi connectivity index (χ4n) is 4.89. The molecule has 0 saturated carbocycles. The van der Waals surface area contributed by atoms with Crippen molar-refractivity contribution in [3.05, 3.63) is 59.2 Å². The smallest absolute Gasteiger partial charge is 0.246 e. The van der Waals surface area contributed by atoms with Crippen LogP contribution in [0.3, 0.4) is 0 Å². The standard InChI is InChI=1S/C24H30F2N2O4S2/c1-23(2)10-11-24(3,4)19-16-17(8-9-18(19)23)33(29,30)27-12-14-28(15-13-27)34(31,32)22-20(25)6-5-7-21(22)26/h5-9,16H,10-15H2,1-4H3. The van der Waals surface area contributed by atoms with Gasteiger partial charge in [0.05, 0.1) is 26.2 Å². The molecule has 0 N–H and O–H groups in total. The van der Waals surface area contributed by atoms with Crippen LogP contribution in [0, 0.1) is 11.6 Å². The van der Waals surface area contributed by atoms with E-state index in [1.807, 2.05) is 6.07 Å². The summed E-state index contributed by atoms with van der Waals surface area (Å²) in [6, 6.07) is 8.13. The Balaban J connectivity index is 1.57. The molecule has 6 nitrogen and oxygen atoms in total. The molecule has 0 bridgehead atoms. The number of hydrogen-bond donors (Lipinski definition) is 0. The highest BCUT2D eigenvalue weighted by Crippen LogP contribution is 2.46. The van der Waals surface area contributed by atoms with Gasteiger partial charge in [-0.3, -0.25) is 0 Å². The third-order valence-electron chi connectivity index (χ3n) is 7.18. The first-order valence-electron chi connectivity index (χ1n) is 11.3. The van der Waals surface area contributed by atoms with E-state index in [2.05, 4.69) is 27.7 Å². The van der Waals surface area contributed by atoms with Crippen molar-refractivity contribution in [1.29, 1.82) is 0 Å². The third kappa shape index (κ3) is 4.29. The normalized spacial score (nSPS) is 24.1. The van der Waals surface area contributed by atoms with Gasteiger partial charge in [-0.2, -0.15) is 0 Å². The largest absolute Gasteiger partial charge is 0.593 e. The third-order valence-corrected chi connectivity index (χ3v) is 11.0. The second kappa shape index (κ2) is 8.53. The number of sulfonamides is 2. The molecule has 2 aromatic carbocycles. The van der Waals surface area contributed by atoms with Crippen LogP contribution in [0.4, 0.5) is 8.78 Å². The van der Waals surface area contributed by atoms with Crippen molar-refractivity contribution in [2.45, 2.75) is 61.2 Å². The second-order valence-electron chi connectivity index (χ2n) is 10.3. The molecule has 0 aromatic heterocycles. The van der Waals surface area contributed by atoms with Gasteiger partial charge in [0, 0.05) is 0 Å². The molecule has 2 unspecified atom stereocenters. The van der Waals surface area contributed by atoms with E-state index in [9.17, 15) is 26.3 Å². The molecule has 186 valence electrons. The molecule has 4 rings (SSSR count). The summed E-state index contributed by atoms with van der Waals surface area (Å²) in [4.78, 5) is -0.834. The Bertz CT molecular complexity index is 1190. The Morgan fingerprint density at radius 2 is 1.24 bits per heavy atom.